The fourth-order valence-electron chi connectivity index (χ4n) is 1.38. The summed E-state index contributed by atoms with van der Waals surface area (Å²) in [5, 5.41) is 11.8. The molecular formula is C13H14N2O2. The molecule has 1 aromatic carbocycles. The Labute approximate surface area is 99.9 Å². The molecule has 0 aliphatic heterocycles. The second kappa shape index (κ2) is 5.86. The Morgan fingerprint density at radius 2 is 1.94 bits per heavy atom. The minimum atomic E-state index is 0.119. The van der Waals surface area contributed by atoms with Crippen LogP contribution in [0.4, 0.5) is 5.69 Å². The van der Waals surface area contributed by atoms with Crippen molar-refractivity contribution in [2.75, 3.05) is 18.5 Å². The Morgan fingerprint density at radius 1 is 1.12 bits per heavy atom. The lowest BCUT2D eigenvalue weighted by Crippen LogP contribution is -2.04. The van der Waals surface area contributed by atoms with Gasteiger partial charge in [0, 0.05) is 18.4 Å². The van der Waals surface area contributed by atoms with Crippen molar-refractivity contribution in [2.24, 2.45) is 0 Å². The maximum Gasteiger partial charge on any atom is 0.145 e. The van der Waals surface area contributed by atoms with Gasteiger partial charge in [0.2, 0.25) is 0 Å². The fourth-order valence-corrected chi connectivity index (χ4v) is 1.38. The molecule has 0 fully saturated rings. The highest BCUT2D eigenvalue weighted by Crippen LogP contribution is 2.21. The van der Waals surface area contributed by atoms with E-state index < -0.39 is 0 Å². The van der Waals surface area contributed by atoms with E-state index in [9.17, 15) is 0 Å². The Hall–Kier alpha value is -2.07. The van der Waals surface area contributed by atoms with Gasteiger partial charge in [0.15, 0.2) is 0 Å². The van der Waals surface area contributed by atoms with Crippen LogP contribution in [0.2, 0.25) is 0 Å². The lowest BCUT2D eigenvalue weighted by Gasteiger charge is -2.07. The molecule has 2 aromatic rings. The van der Waals surface area contributed by atoms with Gasteiger partial charge in [-0.15, -0.1) is 0 Å². The third-order valence-electron chi connectivity index (χ3n) is 2.17. The third-order valence-corrected chi connectivity index (χ3v) is 2.17. The van der Waals surface area contributed by atoms with E-state index in [1.807, 2.05) is 36.4 Å². The first kappa shape index (κ1) is 11.4. The first-order valence-electron chi connectivity index (χ1n) is 5.41. The lowest BCUT2D eigenvalue weighted by molar-refractivity contribution is 0.311. The number of pyridine rings is 1. The first-order valence-corrected chi connectivity index (χ1v) is 5.41. The molecule has 0 aliphatic rings. The molecule has 0 radical (unpaired) electrons. The molecule has 0 unspecified atom stereocenters. The zero-order valence-electron chi connectivity index (χ0n) is 9.34. The number of hydrogen-bond donors (Lipinski definition) is 2. The van der Waals surface area contributed by atoms with Gasteiger partial charge in [-0.2, -0.15) is 0 Å². The highest BCUT2D eigenvalue weighted by Gasteiger charge is 1.97. The predicted molar refractivity (Wildman–Crippen MR) is 66.3 cm³/mol. The molecule has 0 atom stereocenters. The summed E-state index contributed by atoms with van der Waals surface area (Å²) in [6.45, 7) is 0.663. The van der Waals surface area contributed by atoms with Crippen molar-refractivity contribution in [2.45, 2.75) is 0 Å². The van der Waals surface area contributed by atoms with E-state index in [4.69, 9.17) is 9.84 Å². The van der Waals surface area contributed by atoms with Crippen molar-refractivity contribution in [1.29, 1.82) is 0 Å². The quantitative estimate of drug-likeness (QED) is 0.827. The minimum absolute atomic E-state index is 0.119. The number of benzene rings is 1. The molecule has 17 heavy (non-hydrogen) atoms. The van der Waals surface area contributed by atoms with Gasteiger partial charge in [-0.25, -0.2) is 0 Å². The lowest BCUT2D eigenvalue weighted by atomic mass is 10.3. The molecule has 1 aromatic heterocycles. The summed E-state index contributed by atoms with van der Waals surface area (Å²) in [5.74, 6) is 1.47. The number of aromatic nitrogens is 1. The average molecular weight is 230 g/mol. The van der Waals surface area contributed by atoms with Gasteiger partial charge < -0.3 is 15.2 Å². The molecule has 4 heteroatoms. The minimum Gasteiger partial charge on any atom is -0.456 e. The fraction of sp³-hybridized carbons (Fsp3) is 0.154. The van der Waals surface area contributed by atoms with Crippen molar-refractivity contribution in [3.63, 3.8) is 0 Å². The van der Waals surface area contributed by atoms with Crippen LogP contribution >= 0.6 is 0 Å². The third kappa shape index (κ3) is 3.46. The maximum absolute atomic E-state index is 8.68. The van der Waals surface area contributed by atoms with Crippen LogP contribution in [0.25, 0.3) is 0 Å². The molecule has 0 saturated carbocycles. The van der Waals surface area contributed by atoms with E-state index in [0.29, 0.717) is 12.3 Å². The topological polar surface area (TPSA) is 54.4 Å². The van der Waals surface area contributed by atoms with Crippen molar-refractivity contribution in [3.05, 3.63) is 48.8 Å². The zero-order chi connectivity index (χ0) is 11.9. The number of aliphatic hydroxyl groups excluding tert-OH is 1. The van der Waals surface area contributed by atoms with Crippen molar-refractivity contribution < 1.29 is 9.84 Å². The molecule has 0 aliphatic carbocycles. The number of anilines is 1. The van der Waals surface area contributed by atoms with Gasteiger partial charge in [-0.3, -0.25) is 4.98 Å². The van der Waals surface area contributed by atoms with Crippen LogP contribution in [0.3, 0.4) is 0 Å². The Kier molecular flexibility index (Phi) is 3.94. The molecule has 0 amide bonds. The van der Waals surface area contributed by atoms with Crippen molar-refractivity contribution in [3.8, 4) is 11.5 Å². The van der Waals surface area contributed by atoms with Crippen LogP contribution in [0.1, 0.15) is 0 Å². The van der Waals surface area contributed by atoms with E-state index in [2.05, 4.69) is 10.3 Å². The standard InChI is InChI=1S/C13H14N2O2/c16-9-8-15-11-3-5-12(6-4-11)17-13-2-1-7-14-10-13/h1-7,10,15-16H,8-9H2. The molecule has 1 heterocycles. The Bertz CT molecular complexity index is 443. The van der Waals surface area contributed by atoms with Gasteiger partial charge in [0.25, 0.3) is 0 Å². The SMILES string of the molecule is OCCNc1ccc(Oc2cccnc2)cc1. The van der Waals surface area contributed by atoms with E-state index in [1.54, 1.807) is 12.4 Å². The molecule has 2 N–H and O–H groups in total. The molecule has 2 rings (SSSR count). The highest BCUT2D eigenvalue weighted by molar-refractivity contribution is 5.47. The highest BCUT2D eigenvalue weighted by atomic mass is 16.5. The van der Waals surface area contributed by atoms with E-state index >= 15 is 0 Å². The van der Waals surface area contributed by atoms with Crippen LogP contribution in [0.15, 0.2) is 48.8 Å². The number of aliphatic hydroxyl groups is 1. The van der Waals surface area contributed by atoms with Gasteiger partial charge in [0.1, 0.15) is 11.5 Å². The largest absolute Gasteiger partial charge is 0.456 e. The maximum atomic E-state index is 8.68. The summed E-state index contributed by atoms with van der Waals surface area (Å²) >= 11 is 0. The van der Waals surface area contributed by atoms with Gasteiger partial charge >= 0.3 is 0 Å². The second-order valence-electron chi connectivity index (χ2n) is 3.47. The molecule has 0 spiro atoms. The summed E-state index contributed by atoms with van der Waals surface area (Å²) < 4.78 is 5.60. The monoisotopic (exact) mass is 230 g/mol. The summed E-state index contributed by atoms with van der Waals surface area (Å²) in [5.41, 5.74) is 0.956. The van der Waals surface area contributed by atoms with Crippen LogP contribution in [-0.4, -0.2) is 23.2 Å². The summed E-state index contributed by atoms with van der Waals surface area (Å²) in [7, 11) is 0. The molecule has 88 valence electrons. The van der Waals surface area contributed by atoms with Gasteiger partial charge in [0.05, 0.1) is 12.8 Å². The number of nitrogens with zero attached hydrogens (tertiary/aromatic N) is 1. The van der Waals surface area contributed by atoms with Crippen molar-refractivity contribution in [1.82, 2.24) is 4.98 Å². The van der Waals surface area contributed by atoms with Crippen LogP contribution in [0.5, 0.6) is 11.5 Å². The van der Waals surface area contributed by atoms with Gasteiger partial charge in [-0.1, -0.05) is 0 Å². The average Bonchev–Trinajstić information content (AvgIpc) is 2.39. The van der Waals surface area contributed by atoms with Crippen LogP contribution < -0.4 is 10.1 Å². The van der Waals surface area contributed by atoms with Gasteiger partial charge in [-0.05, 0) is 36.4 Å². The number of nitrogens with one attached hydrogen (secondary N) is 1. The van der Waals surface area contributed by atoms with E-state index in [0.717, 1.165) is 11.4 Å². The number of ether oxygens (including phenoxy) is 1. The zero-order valence-corrected chi connectivity index (χ0v) is 9.34. The Morgan fingerprint density at radius 3 is 2.59 bits per heavy atom. The molecule has 0 bridgehead atoms. The summed E-state index contributed by atoms with van der Waals surface area (Å²) in [6.07, 6.45) is 3.37. The van der Waals surface area contributed by atoms with Crippen LogP contribution in [0, 0.1) is 0 Å². The molecule has 0 saturated heterocycles. The molecule has 4 nitrogen and oxygen atoms in total. The van der Waals surface area contributed by atoms with E-state index in [1.165, 1.54) is 0 Å². The summed E-state index contributed by atoms with van der Waals surface area (Å²) in [6, 6.07) is 11.2. The second-order valence-corrected chi connectivity index (χ2v) is 3.47. The molecular weight excluding hydrogens is 216 g/mol. The number of hydrogen-bond acceptors (Lipinski definition) is 4. The Balaban J connectivity index is 1.98. The summed E-state index contributed by atoms with van der Waals surface area (Å²) in [4.78, 5) is 3.97. The first-order chi connectivity index (χ1) is 8.38. The number of rotatable bonds is 5. The predicted octanol–water partition coefficient (Wildman–Crippen LogP) is 2.28. The van der Waals surface area contributed by atoms with E-state index in [-0.39, 0.29) is 6.61 Å². The normalized spacial score (nSPS) is 9.94. The van der Waals surface area contributed by atoms with Crippen molar-refractivity contribution >= 4 is 5.69 Å². The smallest absolute Gasteiger partial charge is 0.145 e. The van der Waals surface area contributed by atoms with Crippen LogP contribution in [-0.2, 0) is 0 Å².